The Kier molecular flexibility index (Phi) is 4.46. The number of fused-ring (bicyclic) bond motifs is 2. The van der Waals surface area contributed by atoms with E-state index < -0.39 is 0 Å². The highest BCUT2D eigenvalue weighted by molar-refractivity contribution is 5.82. The highest BCUT2D eigenvalue weighted by Crippen LogP contribution is 2.45. The largest absolute Gasteiger partial charge is 0.348 e. The summed E-state index contributed by atoms with van der Waals surface area (Å²) in [6.07, 6.45) is 9.75. The Labute approximate surface area is 166 Å². The van der Waals surface area contributed by atoms with Gasteiger partial charge in [-0.25, -0.2) is 4.98 Å². The standard InChI is InChI=1S/C22H29N5O/c1-2-16-3-6-18(23-13-16)14-26-11-8-22(9-12-26)20-19(24-15-25-20)7-10-27(22)21(28)17-4-5-17/h3,6,13,15,17H,2,4-5,7-12,14H2,1H3,(H,24,25). The molecule has 6 nitrogen and oxygen atoms in total. The predicted molar refractivity (Wildman–Crippen MR) is 107 cm³/mol. The summed E-state index contributed by atoms with van der Waals surface area (Å²) in [5.74, 6) is 0.621. The lowest BCUT2D eigenvalue weighted by molar-refractivity contribution is -0.143. The Morgan fingerprint density at radius 3 is 2.71 bits per heavy atom. The van der Waals surface area contributed by atoms with E-state index in [1.807, 2.05) is 12.5 Å². The van der Waals surface area contributed by atoms with Crippen molar-refractivity contribution in [3.8, 4) is 0 Å². The predicted octanol–water partition coefficient (Wildman–Crippen LogP) is 2.65. The van der Waals surface area contributed by atoms with Gasteiger partial charge >= 0.3 is 0 Å². The summed E-state index contributed by atoms with van der Waals surface area (Å²) in [5, 5.41) is 0. The quantitative estimate of drug-likeness (QED) is 0.887. The topological polar surface area (TPSA) is 65.1 Å². The molecule has 1 saturated carbocycles. The van der Waals surface area contributed by atoms with Gasteiger partial charge < -0.3 is 9.88 Å². The third-order valence-electron chi connectivity index (χ3n) is 6.82. The van der Waals surface area contributed by atoms with Crippen LogP contribution in [0.2, 0.25) is 0 Å². The van der Waals surface area contributed by atoms with E-state index in [0.717, 1.165) is 76.1 Å². The van der Waals surface area contributed by atoms with Crippen molar-refractivity contribution < 1.29 is 4.79 Å². The molecule has 5 rings (SSSR count). The smallest absolute Gasteiger partial charge is 0.226 e. The number of rotatable bonds is 4. The van der Waals surface area contributed by atoms with E-state index in [-0.39, 0.29) is 11.5 Å². The van der Waals surface area contributed by atoms with Crippen LogP contribution in [0.15, 0.2) is 24.7 Å². The van der Waals surface area contributed by atoms with Crippen LogP contribution in [0.25, 0.3) is 0 Å². The summed E-state index contributed by atoms with van der Waals surface area (Å²) in [5.41, 5.74) is 4.54. The number of H-pyrrole nitrogens is 1. The van der Waals surface area contributed by atoms with Crippen LogP contribution in [0.1, 0.15) is 55.3 Å². The number of pyridine rings is 1. The number of amides is 1. The van der Waals surface area contributed by atoms with Crippen LogP contribution >= 0.6 is 0 Å². The fourth-order valence-electron chi connectivity index (χ4n) is 4.92. The second-order valence-electron chi connectivity index (χ2n) is 8.56. The molecule has 2 aromatic rings. The van der Waals surface area contributed by atoms with Crippen molar-refractivity contribution in [1.82, 2.24) is 24.8 Å². The van der Waals surface area contributed by atoms with Gasteiger partial charge in [0, 0.05) is 50.4 Å². The van der Waals surface area contributed by atoms with E-state index in [2.05, 4.69) is 38.8 Å². The Bertz CT molecular complexity index is 846. The van der Waals surface area contributed by atoms with E-state index in [9.17, 15) is 4.79 Å². The van der Waals surface area contributed by atoms with Gasteiger partial charge in [0.25, 0.3) is 0 Å². The lowest BCUT2D eigenvalue weighted by atomic mass is 9.78. The molecular weight excluding hydrogens is 350 g/mol. The molecule has 2 fully saturated rings. The molecule has 148 valence electrons. The number of hydrogen-bond acceptors (Lipinski definition) is 4. The van der Waals surface area contributed by atoms with Gasteiger partial charge in [-0.1, -0.05) is 13.0 Å². The zero-order valence-electron chi connectivity index (χ0n) is 16.7. The van der Waals surface area contributed by atoms with E-state index in [1.165, 1.54) is 11.3 Å². The lowest BCUT2D eigenvalue weighted by Crippen LogP contribution is -2.58. The molecular formula is C22H29N5O. The van der Waals surface area contributed by atoms with Crippen molar-refractivity contribution in [3.05, 3.63) is 47.3 Å². The molecule has 1 N–H and O–H groups in total. The van der Waals surface area contributed by atoms with Gasteiger partial charge in [0.15, 0.2) is 0 Å². The lowest BCUT2D eigenvalue weighted by Gasteiger charge is -2.50. The Morgan fingerprint density at radius 2 is 2.04 bits per heavy atom. The number of aromatic amines is 1. The van der Waals surface area contributed by atoms with Crippen molar-refractivity contribution in [2.24, 2.45) is 5.92 Å². The zero-order chi connectivity index (χ0) is 19.1. The minimum Gasteiger partial charge on any atom is -0.348 e. The van der Waals surface area contributed by atoms with Gasteiger partial charge in [0.05, 0.1) is 23.3 Å². The fraction of sp³-hybridized carbons (Fsp3) is 0.591. The van der Waals surface area contributed by atoms with Gasteiger partial charge in [-0.05, 0) is 43.7 Å². The third-order valence-corrected chi connectivity index (χ3v) is 6.82. The van der Waals surface area contributed by atoms with E-state index in [4.69, 9.17) is 4.98 Å². The van der Waals surface area contributed by atoms with Crippen LogP contribution in [0.4, 0.5) is 0 Å². The Morgan fingerprint density at radius 1 is 1.21 bits per heavy atom. The number of piperidine rings is 1. The van der Waals surface area contributed by atoms with E-state index in [0.29, 0.717) is 5.91 Å². The first-order valence-electron chi connectivity index (χ1n) is 10.7. The molecule has 1 spiro atoms. The summed E-state index contributed by atoms with van der Waals surface area (Å²) < 4.78 is 0. The van der Waals surface area contributed by atoms with E-state index in [1.54, 1.807) is 0 Å². The first kappa shape index (κ1) is 17.9. The number of carbonyl (C=O) groups excluding carboxylic acids is 1. The van der Waals surface area contributed by atoms with Gasteiger partial charge in [-0.2, -0.15) is 0 Å². The number of nitrogens with zero attached hydrogens (tertiary/aromatic N) is 4. The molecule has 0 atom stereocenters. The summed E-state index contributed by atoms with van der Waals surface area (Å²) in [7, 11) is 0. The molecule has 0 unspecified atom stereocenters. The summed E-state index contributed by atoms with van der Waals surface area (Å²) in [4.78, 5) is 30.4. The maximum Gasteiger partial charge on any atom is 0.226 e. The minimum atomic E-state index is -0.219. The first-order chi connectivity index (χ1) is 13.7. The average Bonchev–Trinajstić information content (AvgIpc) is 3.47. The molecule has 1 amide bonds. The normalized spacial score (nSPS) is 21.7. The number of nitrogens with one attached hydrogen (secondary N) is 1. The number of aromatic nitrogens is 3. The second-order valence-corrected chi connectivity index (χ2v) is 8.56. The molecule has 0 radical (unpaired) electrons. The monoisotopic (exact) mass is 379 g/mol. The number of aryl methyl sites for hydroxylation is 1. The van der Waals surface area contributed by atoms with Crippen molar-refractivity contribution in [3.63, 3.8) is 0 Å². The van der Waals surface area contributed by atoms with E-state index >= 15 is 0 Å². The van der Waals surface area contributed by atoms with Crippen LogP contribution in [0.5, 0.6) is 0 Å². The molecule has 4 heterocycles. The molecule has 0 bridgehead atoms. The van der Waals surface area contributed by atoms with Crippen molar-refractivity contribution in [2.45, 2.75) is 57.5 Å². The zero-order valence-corrected chi connectivity index (χ0v) is 16.7. The summed E-state index contributed by atoms with van der Waals surface area (Å²) in [6, 6.07) is 4.33. The summed E-state index contributed by atoms with van der Waals surface area (Å²) in [6.45, 7) is 5.80. The van der Waals surface area contributed by atoms with Crippen molar-refractivity contribution in [2.75, 3.05) is 19.6 Å². The van der Waals surface area contributed by atoms with Crippen LogP contribution in [0, 0.1) is 5.92 Å². The van der Waals surface area contributed by atoms with Crippen LogP contribution in [0.3, 0.4) is 0 Å². The molecule has 0 aromatic carbocycles. The molecule has 3 aliphatic rings. The number of carbonyl (C=O) groups is 1. The highest BCUT2D eigenvalue weighted by Gasteiger charge is 2.50. The van der Waals surface area contributed by atoms with Gasteiger partial charge in [0.1, 0.15) is 0 Å². The van der Waals surface area contributed by atoms with Gasteiger partial charge in [-0.3, -0.25) is 14.7 Å². The van der Waals surface area contributed by atoms with Gasteiger partial charge in [0.2, 0.25) is 5.91 Å². The fourth-order valence-corrected chi connectivity index (χ4v) is 4.92. The average molecular weight is 380 g/mol. The van der Waals surface area contributed by atoms with Crippen molar-refractivity contribution >= 4 is 5.91 Å². The number of imidazole rings is 1. The highest BCUT2D eigenvalue weighted by atomic mass is 16.2. The Balaban J connectivity index is 1.34. The first-order valence-corrected chi connectivity index (χ1v) is 10.7. The second kappa shape index (κ2) is 6.99. The number of hydrogen-bond donors (Lipinski definition) is 1. The number of likely N-dealkylation sites (tertiary alicyclic amines) is 1. The maximum atomic E-state index is 13.1. The maximum absolute atomic E-state index is 13.1. The Hall–Kier alpha value is -2.21. The molecule has 2 aromatic heterocycles. The van der Waals surface area contributed by atoms with Crippen LogP contribution < -0.4 is 0 Å². The minimum absolute atomic E-state index is 0.219. The molecule has 6 heteroatoms. The van der Waals surface area contributed by atoms with Crippen LogP contribution in [-0.2, 0) is 29.7 Å². The van der Waals surface area contributed by atoms with Crippen molar-refractivity contribution in [1.29, 1.82) is 0 Å². The third kappa shape index (κ3) is 3.04. The SMILES string of the molecule is CCc1ccc(CN2CCC3(CC2)c2nc[nH]c2CCN3C(=O)C2CC2)nc1. The van der Waals surface area contributed by atoms with Crippen LogP contribution in [-0.4, -0.2) is 50.3 Å². The summed E-state index contributed by atoms with van der Waals surface area (Å²) >= 11 is 0. The molecule has 1 saturated heterocycles. The molecule has 2 aliphatic heterocycles. The molecule has 28 heavy (non-hydrogen) atoms. The van der Waals surface area contributed by atoms with Gasteiger partial charge in [-0.15, -0.1) is 0 Å². The molecule has 1 aliphatic carbocycles.